The lowest BCUT2D eigenvalue weighted by atomic mass is 10.1. The number of halogens is 3. The molecule has 0 radical (unpaired) electrons. The van der Waals surface area contributed by atoms with E-state index >= 15 is 0 Å². The van der Waals surface area contributed by atoms with E-state index in [2.05, 4.69) is 21.2 Å². The van der Waals surface area contributed by atoms with Crippen molar-refractivity contribution < 1.29 is 0 Å². The highest BCUT2D eigenvalue weighted by molar-refractivity contribution is 6.32. The fraction of sp³-hybridized carbons (Fsp3) is 0.294. The topological polar surface area (TPSA) is 28.0 Å². The largest absolute Gasteiger partial charge is 0.369 e. The van der Waals surface area contributed by atoms with Crippen LogP contribution in [0, 0.1) is 6.92 Å². The zero-order chi connectivity index (χ0) is 16.7. The van der Waals surface area contributed by atoms with Crippen molar-refractivity contribution in [3.63, 3.8) is 0 Å². The van der Waals surface area contributed by atoms with Crippen molar-refractivity contribution in [2.75, 3.05) is 29.7 Å². The summed E-state index contributed by atoms with van der Waals surface area (Å²) in [6, 6.07) is 13.4. The molecule has 23 heavy (non-hydrogen) atoms. The third-order valence-corrected chi connectivity index (χ3v) is 4.03. The van der Waals surface area contributed by atoms with Crippen LogP contribution in [-0.4, -0.2) is 24.8 Å². The molecule has 0 amide bonds. The maximum atomic E-state index is 6.08. The monoisotopic (exact) mass is 369 g/mol. The van der Waals surface area contributed by atoms with Crippen LogP contribution in [0.4, 0.5) is 17.1 Å². The van der Waals surface area contributed by atoms with Gasteiger partial charge < -0.3 is 4.90 Å². The predicted molar refractivity (Wildman–Crippen MR) is 100 cm³/mol. The van der Waals surface area contributed by atoms with Crippen molar-refractivity contribution in [1.29, 1.82) is 0 Å². The Bertz CT molecular complexity index is 668. The molecule has 0 N–H and O–H groups in total. The third-order valence-electron chi connectivity index (χ3n) is 3.37. The number of azo groups is 1. The van der Waals surface area contributed by atoms with Crippen LogP contribution in [0.1, 0.15) is 5.56 Å². The summed E-state index contributed by atoms with van der Waals surface area (Å²) in [5.74, 6) is 1.12. The van der Waals surface area contributed by atoms with E-state index < -0.39 is 0 Å². The minimum Gasteiger partial charge on any atom is -0.369 e. The molecular formula is C17H18Cl3N3. The Kier molecular flexibility index (Phi) is 7.15. The van der Waals surface area contributed by atoms with Gasteiger partial charge in [0, 0.05) is 30.5 Å². The fourth-order valence-corrected chi connectivity index (χ4v) is 2.74. The Morgan fingerprint density at radius 2 is 1.57 bits per heavy atom. The second-order valence-electron chi connectivity index (χ2n) is 4.99. The highest BCUT2D eigenvalue weighted by atomic mass is 35.5. The molecule has 2 rings (SSSR count). The van der Waals surface area contributed by atoms with Crippen LogP contribution >= 0.6 is 34.8 Å². The van der Waals surface area contributed by atoms with Gasteiger partial charge in [-0.15, -0.1) is 28.3 Å². The van der Waals surface area contributed by atoms with Crippen LogP contribution in [0.25, 0.3) is 0 Å². The molecule has 0 aliphatic rings. The lowest BCUT2D eigenvalue weighted by molar-refractivity contribution is 0.873. The zero-order valence-electron chi connectivity index (χ0n) is 12.8. The van der Waals surface area contributed by atoms with Gasteiger partial charge in [-0.25, -0.2) is 0 Å². The molecule has 6 heteroatoms. The maximum absolute atomic E-state index is 6.08. The molecule has 0 spiro atoms. The molecule has 0 fully saturated rings. The van der Waals surface area contributed by atoms with E-state index in [4.69, 9.17) is 34.8 Å². The standard InChI is InChI=1S/C17H18Cl3N3/c1-13-12-14(23(10-8-18)11-9-19)6-7-16(13)21-22-17-5-3-2-4-15(17)20/h2-7,12H,8-11H2,1H3. The summed E-state index contributed by atoms with van der Waals surface area (Å²) in [6.07, 6.45) is 0. The molecule has 2 aromatic carbocycles. The van der Waals surface area contributed by atoms with E-state index in [1.165, 1.54) is 0 Å². The molecule has 0 heterocycles. The predicted octanol–water partition coefficient (Wildman–Crippen LogP) is 6.35. The fourth-order valence-electron chi connectivity index (χ4n) is 2.16. The summed E-state index contributed by atoms with van der Waals surface area (Å²) in [7, 11) is 0. The lowest BCUT2D eigenvalue weighted by Crippen LogP contribution is -2.27. The molecule has 3 nitrogen and oxygen atoms in total. The van der Waals surface area contributed by atoms with E-state index in [1.54, 1.807) is 6.07 Å². The molecule has 0 aliphatic carbocycles. The van der Waals surface area contributed by atoms with Gasteiger partial charge in [-0.05, 0) is 42.8 Å². The maximum Gasteiger partial charge on any atom is 0.104 e. The first kappa shape index (κ1) is 18.1. The third kappa shape index (κ3) is 5.10. The summed E-state index contributed by atoms with van der Waals surface area (Å²) in [4.78, 5) is 2.15. The first-order chi connectivity index (χ1) is 11.2. The van der Waals surface area contributed by atoms with E-state index in [0.717, 1.165) is 30.0 Å². The summed E-state index contributed by atoms with van der Waals surface area (Å²) < 4.78 is 0. The number of alkyl halides is 2. The number of anilines is 1. The molecule has 2 aromatic rings. The van der Waals surface area contributed by atoms with Crippen molar-refractivity contribution in [3.8, 4) is 0 Å². The quantitative estimate of drug-likeness (QED) is 0.412. The Morgan fingerprint density at radius 3 is 2.17 bits per heavy atom. The molecule has 0 aromatic heterocycles. The first-order valence-electron chi connectivity index (χ1n) is 7.29. The van der Waals surface area contributed by atoms with Gasteiger partial charge >= 0.3 is 0 Å². The molecule has 122 valence electrons. The highest BCUT2D eigenvalue weighted by Crippen LogP contribution is 2.29. The Balaban J connectivity index is 2.20. The molecule has 0 saturated carbocycles. The number of rotatable bonds is 7. The summed E-state index contributed by atoms with van der Waals surface area (Å²) in [5, 5.41) is 9.10. The molecule has 0 atom stereocenters. The van der Waals surface area contributed by atoms with Crippen LogP contribution < -0.4 is 4.90 Å². The second-order valence-corrected chi connectivity index (χ2v) is 6.15. The number of benzene rings is 2. The van der Waals surface area contributed by atoms with E-state index in [1.807, 2.05) is 37.3 Å². The molecule has 0 aliphatic heterocycles. The second kappa shape index (κ2) is 9.11. The van der Waals surface area contributed by atoms with Gasteiger partial charge in [-0.2, -0.15) is 5.11 Å². The van der Waals surface area contributed by atoms with Crippen molar-refractivity contribution in [3.05, 3.63) is 53.1 Å². The van der Waals surface area contributed by atoms with E-state index in [-0.39, 0.29) is 0 Å². The summed E-state index contributed by atoms with van der Waals surface area (Å²) >= 11 is 17.8. The Hall–Kier alpha value is -1.29. The summed E-state index contributed by atoms with van der Waals surface area (Å²) in [5.41, 5.74) is 3.59. The Morgan fingerprint density at radius 1 is 0.913 bits per heavy atom. The highest BCUT2D eigenvalue weighted by Gasteiger charge is 2.07. The van der Waals surface area contributed by atoms with Crippen molar-refractivity contribution in [1.82, 2.24) is 0 Å². The lowest BCUT2D eigenvalue weighted by Gasteiger charge is -2.23. The molecule has 0 saturated heterocycles. The molecule has 0 unspecified atom stereocenters. The molecular weight excluding hydrogens is 353 g/mol. The average molecular weight is 371 g/mol. The van der Waals surface area contributed by atoms with Gasteiger partial charge in [0.1, 0.15) is 5.69 Å². The number of hydrogen-bond donors (Lipinski definition) is 0. The Labute approximate surface area is 151 Å². The van der Waals surface area contributed by atoms with Crippen molar-refractivity contribution in [2.45, 2.75) is 6.92 Å². The molecule has 0 bridgehead atoms. The number of nitrogens with zero attached hydrogens (tertiary/aromatic N) is 3. The number of aryl methyl sites for hydroxylation is 1. The van der Waals surface area contributed by atoms with Gasteiger partial charge in [-0.1, -0.05) is 23.7 Å². The minimum absolute atomic E-state index is 0.559. The van der Waals surface area contributed by atoms with Crippen LogP contribution in [0.5, 0.6) is 0 Å². The van der Waals surface area contributed by atoms with Gasteiger partial charge in [0.25, 0.3) is 0 Å². The van der Waals surface area contributed by atoms with E-state index in [0.29, 0.717) is 22.5 Å². The van der Waals surface area contributed by atoms with Crippen molar-refractivity contribution in [2.24, 2.45) is 10.2 Å². The normalized spacial score (nSPS) is 11.1. The van der Waals surface area contributed by atoms with Crippen LogP contribution in [0.2, 0.25) is 5.02 Å². The van der Waals surface area contributed by atoms with Gasteiger partial charge in [-0.3, -0.25) is 0 Å². The van der Waals surface area contributed by atoms with Gasteiger partial charge in [0.05, 0.1) is 10.7 Å². The van der Waals surface area contributed by atoms with Crippen LogP contribution in [0.15, 0.2) is 52.7 Å². The SMILES string of the molecule is Cc1cc(N(CCCl)CCCl)ccc1N=Nc1ccccc1Cl. The summed E-state index contributed by atoms with van der Waals surface area (Å²) in [6.45, 7) is 3.52. The van der Waals surface area contributed by atoms with Gasteiger partial charge in [0.15, 0.2) is 0 Å². The smallest absolute Gasteiger partial charge is 0.104 e. The minimum atomic E-state index is 0.559. The van der Waals surface area contributed by atoms with E-state index in [9.17, 15) is 0 Å². The van der Waals surface area contributed by atoms with Gasteiger partial charge in [0.2, 0.25) is 0 Å². The van der Waals surface area contributed by atoms with Crippen molar-refractivity contribution >= 4 is 51.9 Å². The van der Waals surface area contributed by atoms with Crippen LogP contribution in [-0.2, 0) is 0 Å². The first-order valence-corrected chi connectivity index (χ1v) is 8.74. The average Bonchev–Trinajstić information content (AvgIpc) is 2.55. The zero-order valence-corrected chi connectivity index (χ0v) is 15.1. The van der Waals surface area contributed by atoms with Crippen LogP contribution in [0.3, 0.4) is 0 Å². The number of hydrogen-bond acceptors (Lipinski definition) is 3.